The van der Waals surface area contributed by atoms with E-state index in [0.29, 0.717) is 32.3 Å². The number of nitrogens with zero attached hydrogens (tertiary/aromatic N) is 4. The lowest BCUT2D eigenvalue weighted by molar-refractivity contribution is -0.136. The normalized spacial score (nSPS) is 18.0. The highest BCUT2D eigenvalue weighted by molar-refractivity contribution is 5.78. The largest absolute Gasteiger partial charge is 0.486 e. The lowest BCUT2D eigenvalue weighted by atomic mass is 9.96. The van der Waals surface area contributed by atoms with Crippen molar-refractivity contribution in [2.75, 3.05) is 45.9 Å². The van der Waals surface area contributed by atoms with E-state index in [1.807, 2.05) is 41.3 Å². The molecule has 0 aliphatic carbocycles. The van der Waals surface area contributed by atoms with E-state index < -0.39 is 0 Å². The van der Waals surface area contributed by atoms with Gasteiger partial charge >= 0.3 is 0 Å². The molecule has 0 radical (unpaired) electrons. The second kappa shape index (κ2) is 10.4. The molecule has 2 aromatic carbocycles. The first-order valence-electron chi connectivity index (χ1n) is 12.0. The molecular formula is C26H32N4O3. The Labute approximate surface area is 194 Å². The number of rotatable bonds is 7. The van der Waals surface area contributed by atoms with E-state index >= 15 is 0 Å². The summed E-state index contributed by atoms with van der Waals surface area (Å²) in [6.45, 7) is 6.58. The first kappa shape index (κ1) is 21.9. The molecule has 0 unspecified atom stereocenters. The van der Waals surface area contributed by atoms with E-state index in [1.165, 1.54) is 0 Å². The standard InChI is InChI=1S/C26H32N4O3/c31-26(29-14-16-32-17-15-29)19-28-12-10-21(11-13-28)18-30-24-9-5-4-8-23(24)27-25(30)20-33-22-6-2-1-3-7-22/h1-9,21H,10-20H2. The van der Waals surface area contributed by atoms with Crippen LogP contribution in [-0.4, -0.2) is 71.2 Å². The Morgan fingerprint density at radius 3 is 2.48 bits per heavy atom. The number of likely N-dealkylation sites (tertiary alicyclic amines) is 1. The van der Waals surface area contributed by atoms with E-state index in [1.54, 1.807) is 0 Å². The molecule has 33 heavy (non-hydrogen) atoms. The number of para-hydroxylation sites is 3. The highest BCUT2D eigenvalue weighted by atomic mass is 16.5. The van der Waals surface area contributed by atoms with Crippen LogP contribution in [0.1, 0.15) is 18.7 Å². The predicted octanol–water partition coefficient (Wildman–Crippen LogP) is 3.19. The van der Waals surface area contributed by atoms with Gasteiger partial charge in [0.05, 0.1) is 30.8 Å². The van der Waals surface area contributed by atoms with E-state index in [-0.39, 0.29) is 5.91 Å². The molecule has 3 heterocycles. The van der Waals surface area contributed by atoms with Crippen LogP contribution < -0.4 is 4.74 Å². The van der Waals surface area contributed by atoms with E-state index in [2.05, 4.69) is 27.7 Å². The molecule has 0 spiro atoms. The topological polar surface area (TPSA) is 59.8 Å². The second-order valence-corrected chi connectivity index (χ2v) is 8.94. The van der Waals surface area contributed by atoms with Gasteiger partial charge in [-0.2, -0.15) is 0 Å². The summed E-state index contributed by atoms with van der Waals surface area (Å²) in [7, 11) is 0. The molecule has 1 amide bonds. The summed E-state index contributed by atoms with van der Waals surface area (Å²) in [6, 6.07) is 18.2. The van der Waals surface area contributed by atoms with Gasteiger partial charge in [-0.3, -0.25) is 9.69 Å². The average Bonchev–Trinajstić information content (AvgIpc) is 3.22. The molecular weight excluding hydrogens is 416 g/mol. The summed E-state index contributed by atoms with van der Waals surface area (Å²) in [5.74, 6) is 2.62. The highest BCUT2D eigenvalue weighted by Crippen LogP contribution is 2.24. The van der Waals surface area contributed by atoms with Crippen molar-refractivity contribution >= 4 is 16.9 Å². The van der Waals surface area contributed by atoms with Gasteiger partial charge in [-0.15, -0.1) is 0 Å². The van der Waals surface area contributed by atoms with Crippen molar-refractivity contribution in [2.24, 2.45) is 5.92 Å². The quantitative estimate of drug-likeness (QED) is 0.556. The first-order valence-corrected chi connectivity index (χ1v) is 12.0. The summed E-state index contributed by atoms with van der Waals surface area (Å²) in [5.41, 5.74) is 2.17. The SMILES string of the molecule is O=C(CN1CCC(Cn2c(COc3ccccc3)nc3ccccc32)CC1)N1CCOCC1. The van der Waals surface area contributed by atoms with Gasteiger partial charge in [-0.1, -0.05) is 30.3 Å². The molecule has 2 aliphatic heterocycles. The van der Waals surface area contributed by atoms with Gasteiger partial charge in [0.15, 0.2) is 0 Å². The van der Waals surface area contributed by atoms with Crippen LogP contribution in [0.4, 0.5) is 0 Å². The molecule has 174 valence electrons. The second-order valence-electron chi connectivity index (χ2n) is 8.94. The molecule has 0 atom stereocenters. The lowest BCUT2D eigenvalue weighted by Crippen LogP contribution is -2.47. The molecule has 2 saturated heterocycles. The Morgan fingerprint density at radius 1 is 0.970 bits per heavy atom. The van der Waals surface area contributed by atoms with Crippen molar-refractivity contribution in [2.45, 2.75) is 26.0 Å². The fourth-order valence-corrected chi connectivity index (χ4v) is 4.79. The number of benzene rings is 2. The molecule has 1 aromatic heterocycles. The fraction of sp³-hybridized carbons (Fsp3) is 0.462. The molecule has 7 nitrogen and oxygen atoms in total. The van der Waals surface area contributed by atoms with Gasteiger partial charge in [0, 0.05) is 19.6 Å². The van der Waals surface area contributed by atoms with Gasteiger partial charge in [-0.25, -0.2) is 4.98 Å². The van der Waals surface area contributed by atoms with Crippen molar-refractivity contribution in [3.05, 3.63) is 60.4 Å². The zero-order valence-electron chi connectivity index (χ0n) is 19.1. The molecule has 0 N–H and O–H groups in total. The molecule has 0 saturated carbocycles. The maximum Gasteiger partial charge on any atom is 0.236 e. The number of aromatic nitrogens is 2. The Hall–Kier alpha value is -2.90. The summed E-state index contributed by atoms with van der Waals surface area (Å²) in [6.07, 6.45) is 2.17. The molecule has 7 heteroatoms. The Balaban J connectivity index is 1.20. The highest BCUT2D eigenvalue weighted by Gasteiger charge is 2.25. The van der Waals surface area contributed by atoms with Crippen molar-refractivity contribution in [3.63, 3.8) is 0 Å². The maximum atomic E-state index is 12.6. The summed E-state index contributed by atoms with van der Waals surface area (Å²) >= 11 is 0. The fourth-order valence-electron chi connectivity index (χ4n) is 4.79. The first-order chi connectivity index (χ1) is 16.3. The van der Waals surface area contributed by atoms with Crippen molar-refractivity contribution in [1.82, 2.24) is 19.4 Å². The van der Waals surface area contributed by atoms with Crippen LogP contribution in [0.2, 0.25) is 0 Å². The number of carbonyl (C=O) groups is 1. The van der Waals surface area contributed by atoms with Gasteiger partial charge in [0.2, 0.25) is 5.91 Å². The van der Waals surface area contributed by atoms with Crippen molar-refractivity contribution in [3.8, 4) is 5.75 Å². The summed E-state index contributed by atoms with van der Waals surface area (Å²) < 4.78 is 13.7. The molecule has 0 bridgehead atoms. The molecule has 3 aromatic rings. The third-order valence-corrected chi connectivity index (χ3v) is 6.72. The summed E-state index contributed by atoms with van der Waals surface area (Å²) in [5, 5.41) is 0. The number of morpholine rings is 1. The Kier molecular flexibility index (Phi) is 6.88. The van der Waals surface area contributed by atoms with Crippen LogP contribution >= 0.6 is 0 Å². The van der Waals surface area contributed by atoms with Crippen LogP contribution in [0.25, 0.3) is 11.0 Å². The van der Waals surface area contributed by atoms with Gasteiger partial charge in [0.1, 0.15) is 18.2 Å². The lowest BCUT2D eigenvalue weighted by Gasteiger charge is -2.34. The molecule has 5 rings (SSSR count). The minimum absolute atomic E-state index is 0.234. The van der Waals surface area contributed by atoms with E-state index in [0.717, 1.165) is 68.2 Å². The smallest absolute Gasteiger partial charge is 0.236 e. The van der Waals surface area contributed by atoms with E-state index in [4.69, 9.17) is 14.5 Å². The van der Waals surface area contributed by atoms with E-state index in [9.17, 15) is 4.79 Å². The van der Waals surface area contributed by atoms with Crippen LogP contribution in [0.3, 0.4) is 0 Å². The Bertz CT molecular complexity index is 1050. The van der Waals surface area contributed by atoms with Crippen LogP contribution in [0.15, 0.2) is 54.6 Å². The van der Waals surface area contributed by atoms with Gasteiger partial charge < -0.3 is 18.9 Å². The number of imidazole rings is 1. The Morgan fingerprint density at radius 2 is 1.70 bits per heavy atom. The number of amides is 1. The number of fused-ring (bicyclic) bond motifs is 1. The zero-order chi connectivity index (χ0) is 22.5. The van der Waals surface area contributed by atoms with Crippen LogP contribution in [0.5, 0.6) is 5.75 Å². The van der Waals surface area contributed by atoms with Crippen LogP contribution in [0, 0.1) is 5.92 Å². The third kappa shape index (κ3) is 5.37. The number of hydrogen-bond donors (Lipinski definition) is 0. The molecule has 2 fully saturated rings. The minimum Gasteiger partial charge on any atom is -0.486 e. The average molecular weight is 449 g/mol. The van der Waals surface area contributed by atoms with Crippen molar-refractivity contribution < 1.29 is 14.3 Å². The van der Waals surface area contributed by atoms with Crippen LogP contribution in [-0.2, 0) is 22.7 Å². The third-order valence-electron chi connectivity index (χ3n) is 6.72. The molecule has 2 aliphatic rings. The van der Waals surface area contributed by atoms with Crippen molar-refractivity contribution in [1.29, 1.82) is 0 Å². The number of ether oxygens (including phenoxy) is 2. The predicted molar refractivity (Wildman–Crippen MR) is 127 cm³/mol. The minimum atomic E-state index is 0.234. The van der Waals surface area contributed by atoms with Gasteiger partial charge in [-0.05, 0) is 56.1 Å². The number of hydrogen-bond acceptors (Lipinski definition) is 5. The summed E-state index contributed by atoms with van der Waals surface area (Å²) in [4.78, 5) is 21.7. The number of piperidine rings is 1. The van der Waals surface area contributed by atoms with Gasteiger partial charge in [0.25, 0.3) is 0 Å². The number of carbonyl (C=O) groups excluding carboxylic acids is 1. The zero-order valence-corrected chi connectivity index (χ0v) is 19.1. The maximum absolute atomic E-state index is 12.6. The monoisotopic (exact) mass is 448 g/mol.